The lowest BCUT2D eigenvalue weighted by molar-refractivity contribution is 0.482. The van der Waals surface area contributed by atoms with Crippen LogP contribution in [0.5, 0.6) is 11.5 Å². The third kappa shape index (κ3) is 19.8. The van der Waals surface area contributed by atoms with Gasteiger partial charge in [-0.15, -0.1) is 0 Å². The zero-order chi connectivity index (χ0) is 29.4. The molecule has 41 heavy (non-hydrogen) atoms. The molecule has 0 amide bonds. The molecule has 0 aromatic heterocycles. The van der Waals surface area contributed by atoms with E-state index in [1.54, 1.807) is 0 Å². The number of unbranched alkanes of at least 4 members (excludes halogenated alkanes) is 16. The van der Waals surface area contributed by atoms with Gasteiger partial charge in [-0.2, -0.15) is 0 Å². The van der Waals surface area contributed by atoms with Crippen LogP contribution in [0.2, 0.25) is 0 Å². The maximum atomic E-state index is 6.10. The molecule has 0 aliphatic carbocycles. The average molecular weight is 567 g/mol. The smallest absolute Gasteiger partial charge is 0.127 e. The first-order chi connectivity index (χ1) is 20.0. The molecule has 0 radical (unpaired) electrons. The molecule has 2 aromatic carbocycles. The van der Waals surface area contributed by atoms with Gasteiger partial charge in [0.25, 0.3) is 0 Å². The minimum Gasteiger partial charge on any atom is -0.457 e. The highest BCUT2D eigenvalue weighted by atomic mass is 16.5. The second-order valence-corrected chi connectivity index (χ2v) is 12.2. The van der Waals surface area contributed by atoms with Gasteiger partial charge in [-0.05, 0) is 73.9 Å². The molecule has 0 spiro atoms. The van der Waals surface area contributed by atoms with Gasteiger partial charge in [0.15, 0.2) is 0 Å². The highest BCUT2D eigenvalue weighted by Crippen LogP contribution is 2.23. The SMILES string of the molecule is NC(N)CCCCCCCCCCCc1ccc(Oc2ccc(CCCCCCCCCCCC(N)N)cc2)cc1. The Hall–Kier alpha value is -1.92. The van der Waals surface area contributed by atoms with Crippen molar-refractivity contribution in [1.82, 2.24) is 0 Å². The minimum atomic E-state index is -0.134. The van der Waals surface area contributed by atoms with Gasteiger partial charge in [0.2, 0.25) is 0 Å². The third-order valence-corrected chi connectivity index (χ3v) is 8.09. The van der Waals surface area contributed by atoms with Crippen LogP contribution in [0.3, 0.4) is 0 Å². The Kier molecular flexibility index (Phi) is 20.3. The number of hydrogen-bond donors (Lipinski definition) is 4. The first-order valence-corrected chi connectivity index (χ1v) is 16.9. The first-order valence-electron chi connectivity index (χ1n) is 16.9. The largest absolute Gasteiger partial charge is 0.457 e. The zero-order valence-electron chi connectivity index (χ0n) is 26.0. The van der Waals surface area contributed by atoms with Gasteiger partial charge in [0.1, 0.15) is 11.5 Å². The Labute approximate surface area is 252 Å². The fourth-order valence-electron chi connectivity index (χ4n) is 5.48. The van der Waals surface area contributed by atoms with Gasteiger partial charge in [0, 0.05) is 0 Å². The lowest BCUT2D eigenvalue weighted by atomic mass is 10.0. The van der Waals surface area contributed by atoms with Crippen molar-refractivity contribution in [3.63, 3.8) is 0 Å². The van der Waals surface area contributed by atoms with Crippen LogP contribution in [0, 0.1) is 0 Å². The Balaban J connectivity index is 1.47. The van der Waals surface area contributed by atoms with Crippen molar-refractivity contribution in [2.45, 2.75) is 154 Å². The van der Waals surface area contributed by atoms with Gasteiger partial charge in [-0.3, -0.25) is 0 Å². The summed E-state index contributed by atoms with van der Waals surface area (Å²) in [7, 11) is 0. The first kappa shape index (κ1) is 35.3. The number of rotatable bonds is 26. The van der Waals surface area contributed by atoms with E-state index in [0.29, 0.717) is 0 Å². The minimum absolute atomic E-state index is 0.134. The monoisotopic (exact) mass is 566 g/mol. The number of ether oxygens (including phenoxy) is 1. The van der Waals surface area contributed by atoms with E-state index >= 15 is 0 Å². The summed E-state index contributed by atoms with van der Waals surface area (Å²) in [4.78, 5) is 0. The topological polar surface area (TPSA) is 113 Å². The van der Waals surface area contributed by atoms with Crippen molar-refractivity contribution >= 4 is 0 Å². The lowest BCUT2D eigenvalue weighted by Crippen LogP contribution is -2.29. The van der Waals surface area contributed by atoms with Gasteiger partial charge in [-0.1, -0.05) is 127 Å². The molecule has 232 valence electrons. The van der Waals surface area contributed by atoms with Crippen molar-refractivity contribution in [2.75, 3.05) is 0 Å². The summed E-state index contributed by atoms with van der Waals surface area (Å²) in [5.74, 6) is 1.83. The average Bonchev–Trinajstić information content (AvgIpc) is 2.96. The second-order valence-electron chi connectivity index (χ2n) is 12.2. The molecule has 5 heteroatoms. The van der Waals surface area contributed by atoms with Gasteiger partial charge >= 0.3 is 0 Å². The van der Waals surface area contributed by atoms with Crippen LogP contribution >= 0.6 is 0 Å². The van der Waals surface area contributed by atoms with Gasteiger partial charge < -0.3 is 27.7 Å². The van der Waals surface area contributed by atoms with Crippen LogP contribution < -0.4 is 27.7 Å². The molecule has 0 aliphatic heterocycles. The van der Waals surface area contributed by atoms with E-state index in [4.69, 9.17) is 27.7 Å². The molecular formula is C36H62N4O. The maximum Gasteiger partial charge on any atom is 0.127 e. The molecule has 2 rings (SSSR count). The summed E-state index contributed by atoms with van der Waals surface area (Å²) in [5.41, 5.74) is 25.2. The van der Waals surface area contributed by atoms with Crippen molar-refractivity contribution in [2.24, 2.45) is 22.9 Å². The van der Waals surface area contributed by atoms with E-state index in [9.17, 15) is 0 Å². The maximum absolute atomic E-state index is 6.10. The van der Waals surface area contributed by atoms with E-state index in [1.165, 1.54) is 127 Å². The summed E-state index contributed by atoms with van der Waals surface area (Å²) in [6.07, 6.45) is 27.4. The summed E-state index contributed by atoms with van der Waals surface area (Å²) in [5, 5.41) is 0. The van der Waals surface area contributed by atoms with Crippen LogP contribution in [-0.4, -0.2) is 12.3 Å². The van der Waals surface area contributed by atoms with Crippen LogP contribution in [0.4, 0.5) is 0 Å². The molecule has 0 unspecified atom stereocenters. The van der Waals surface area contributed by atoms with Crippen LogP contribution in [0.25, 0.3) is 0 Å². The summed E-state index contributed by atoms with van der Waals surface area (Å²) >= 11 is 0. The molecular weight excluding hydrogens is 504 g/mol. The van der Waals surface area contributed by atoms with Gasteiger partial charge in [-0.25, -0.2) is 0 Å². The number of nitrogens with two attached hydrogens (primary N) is 4. The molecule has 0 fully saturated rings. The normalized spacial score (nSPS) is 11.6. The Morgan fingerprint density at radius 3 is 0.927 bits per heavy atom. The number of benzene rings is 2. The Morgan fingerprint density at radius 1 is 0.366 bits per heavy atom. The molecule has 8 N–H and O–H groups in total. The molecule has 0 atom stereocenters. The highest BCUT2D eigenvalue weighted by molar-refractivity contribution is 5.34. The zero-order valence-corrected chi connectivity index (χ0v) is 26.0. The molecule has 0 heterocycles. The molecule has 0 aliphatic rings. The van der Waals surface area contributed by atoms with Crippen LogP contribution in [-0.2, 0) is 12.8 Å². The third-order valence-electron chi connectivity index (χ3n) is 8.09. The molecule has 5 nitrogen and oxygen atoms in total. The van der Waals surface area contributed by atoms with E-state index in [2.05, 4.69) is 48.5 Å². The predicted octanol–water partition coefficient (Wildman–Crippen LogP) is 8.85. The van der Waals surface area contributed by atoms with Gasteiger partial charge in [0.05, 0.1) is 12.3 Å². The van der Waals surface area contributed by atoms with Crippen LogP contribution in [0.1, 0.15) is 140 Å². The fourth-order valence-corrected chi connectivity index (χ4v) is 5.48. The van der Waals surface area contributed by atoms with E-state index in [0.717, 1.165) is 37.2 Å². The van der Waals surface area contributed by atoms with Crippen molar-refractivity contribution in [3.05, 3.63) is 59.7 Å². The summed E-state index contributed by atoms with van der Waals surface area (Å²) in [6.45, 7) is 0. The van der Waals surface area contributed by atoms with E-state index < -0.39 is 0 Å². The fraction of sp³-hybridized carbons (Fsp3) is 0.667. The van der Waals surface area contributed by atoms with Crippen LogP contribution in [0.15, 0.2) is 48.5 Å². The van der Waals surface area contributed by atoms with E-state index in [1.807, 2.05) is 0 Å². The Morgan fingerprint density at radius 2 is 0.634 bits per heavy atom. The summed E-state index contributed by atoms with van der Waals surface area (Å²) < 4.78 is 6.10. The van der Waals surface area contributed by atoms with E-state index in [-0.39, 0.29) is 12.3 Å². The number of hydrogen-bond acceptors (Lipinski definition) is 5. The number of aryl methyl sites for hydroxylation is 2. The van der Waals surface area contributed by atoms with Crippen molar-refractivity contribution in [1.29, 1.82) is 0 Å². The summed E-state index contributed by atoms with van der Waals surface area (Å²) in [6, 6.07) is 17.3. The highest BCUT2D eigenvalue weighted by Gasteiger charge is 2.02. The molecule has 0 saturated carbocycles. The lowest BCUT2D eigenvalue weighted by Gasteiger charge is -2.08. The molecule has 0 bridgehead atoms. The van der Waals surface area contributed by atoms with Crippen molar-refractivity contribution in [3.8, 4) is 11.5 Å². The molecule has 0 saturated heterocycles. The quantitative estimate of drug-likeness (QED) is 0.0671. The molecule has 2 aromatic rings. The second kappa shape index (κ2) is 23.6. The Bertz CT molecular complexity index is 779. The predicted molar refractivity (Wildman–Crippen MR) is 177 cm³/mol. The standard InChI is InChI=1S/C36H62N4O/c37-35(38)21-17-13-9-5-1-3-7-11-15-19-31-23-27-33(28-24-31)41-34-29-25-32(26-30-34)20-16-12-8-4-2-6-10-14-18-22-36(39)40/h23-30,35-36H,1-22,37-40H2. The van der Waals surface area contributed by atoms with Crippen molar-refractivity contribution < 1.29 is 4.74 Å².